The molecular formula is C24H25N3O2. The zero-order valence-electron chi connectivity index (χ0n) is 16.8. The molecule has 148 valence electrons. The van der Waals surface area contributed by atoms with E-state index in [0.29, 0.717) is 19.0 Å². The van der Waals surface area contributed by atoms with E-state index < -0.39 is 0 Å². The number of piperidine rings is 1. The van der Waals surface area contributed by atoms with Gasteiger partial charge in [-0.3, -0.25) is 4.79 Å². The Labute approximate surface area is 171 Å². The van der Waals surface area contributed by atoms with Crippen molar-refractivity contribution in [2.45, 2.75) is 32.6 Å². The van der Waals surface area contributed by atoms with Crippen LogP contribution in [-0.2, 0) is 4.79 Å². The zero-order chi connectivity index (χ0) is 20.2. The maximum atomic E-state index is 12.5. The summed E-state index contributed by atoms with van der Waals surface area (Å²) in [7, 11) is 0. The summed E-state index contributed by atoms with van der Waals surface area (Å²) in [5.74, 6) is 1.59. The van der Waals surface area contributed by atoms with Crippen LogP contribution in [0.2, 0.25) is 0 Å². The van der Waals surface area contributed by atoms with Crippen LogP contribution in [0, 0.1) is 13.8 Å². The summed E-state index contributed by atoms with van der Waals surface area (Å²) < 4.78 is 5.50. The first kappa shape index (κ1) is 19.1. The number of likely N-dealkylation sites (tertiary alicyclic amines) is 1. The molecule has 1 aliphatic heterocycles. The molecule has 2 aromatic carbocycles. The van der Waals surface area contributed by atoms with Gasteiger partial charge in [-0.05, 0) is 50.0 Å². The van der Waals surface area contributed by atoms with Crippen LogP contribution < -0.4 is 0 Å². The molecule has 4 rings (SSSR count). The first-order valence-electron chi connectivity index (χ1n) is 10.0. The summed E-state index contributed by atoms with van der Waals surface area (Å²) in [5.41, 5.74) is 4.33. The van der Waals surface area contributed by atoms with Gasteiger partial charge in [0, 0.05) is 30.6 Å². The van der Waals surface area contributed by atoms with Crippen LogP contribution in [0.4, 0.5) is 0 Å². The van der Waals surface area contributed by atoms with Crippen LogP contribution in [0.25, 0.3) is 17.5 Å². The lowest BCUT2D eigenvalue weighted by molar-refractivity contribution is -0.127. The number of aromatic nitrogens is 2. The molecule has 1 amide bonds. The van der Waals surface area contributed by atoms with Crippen molar-refractivity contribution < 1.29 is 9.32 Å². The predicted molar refractivity (Wildman–Crippen MR) is 113 cm³/mol. The van der Waals surface area contributed by atoms with Crippen molar-refractivity contribution in [2.75, 3.05) is 13.1 Å². The monoisotopic (exact) mass is 387 g/mol. The van der Waals surface area contributed by atoms with Gasteiger partial charge in [-0.25, -0.2) is 0 Å². The number of hydrogen-bond donors (Lipinski definition) is 0. The lowest BCUT2D eigenvalue weighted by Crippen LogP contribution is -2.37. The van der Waals surface area contributed by atoms with Crippen molar-refractivity contribution in [3.05, 3.63) is 77.1 Å². The van der Waals surface area contributed by atoms with Crippen molar-refractivity contribution in [3.8, 4) is 11.5 Å². The van der Waals surface area contributed by atoms with Gasteiger partial charge in [-0.1, -0.05) is 53.2 Å². The molecule has 29 heavy (non-hydrogen) atoms. The number of rotatable bonds is 4. The third-order valence-corrected chi connectivity index (χ3v) is 5.48. The van der Waals surface area contributed by atoms with Gasteiger partial charge in [0.15, 0.2) is 5.82 Å². The van der Waals surface area contributed by atoms with Gasteiger partial charge in [0.2, 0.25) is 5.91 Å². The molecule has 5 heteroatoms. The van der Waals surface area contributed by atoms with Crippen molar-refractivity contribution in [1.29, 1.82) is 0 Å². The van der Waals surface area contributed by atoms with Crippen molar-refractivity contribution in [2.24, 2.45) is 0 Å². The van der Waals surface area contributed by atoms with E-state index in [1.807, 2.05) is 66.4 Å². The summed E-state index contributed by atoms with van der Waals surface area (Å²) in [6.07, 6.45) is 5.23. The Kier molecular flexibility index (Phi) is 5.56. The van der Waals surface area contributed by atoms with Crippen LogP contribution in [0.5, 0.6) is 0 Å². The summed E-state index contributed by atoms with van der Waals surface area (Å²) >= 11 is 0. The number of hydrogen-bond acceptors (Lipinski definition) is 4. The molecule has 0 saturated carbocycles. The fraction of sp³-hybridized carbons (Fsp3) is 0.292. The highest BCUT2D eigenvalue weighted by molar-refractivity contribution is 5.91. The third kappa shape index (κ3) is 4.45. The summed E-state index contributed by atoms with van der Waals surface area (Å²) in [4.78, 5) is 19.0. The van der Waals surface area contributed by atoms with Crippen LogP contribution in [0.3, 0.4) is 0 Å². The summed E-state index contributed by atoms with van der Waals surface area (Å²) in [5, 5.41) is 4.21. The van der Waals surface area contributed by atoms with Gasteiger partial charge in [-0.2, -0.15) is 4.98 Å². The van der Waals surface area contributed by atoms with E-state index in [4.69, 9.17) is 4.52 Å². The minimum Gasteiger partial charge on any atom is -0.339 e. The highest BCUT2D eigenvalue weighted by atomic mass is 16.5. The normalized spacial score (nSPS) is 15.2. The molecule has 5 nitrogen and oxygen atoms in total. The smallest absolute Gasteiger partial charge is 0.258 e. The number of aryl methyl sites for hydroxylation is 2. The maximum absolute atomic E-state index is 12.5. The Morgan fingerprint density at radius 2 is 1.79 bits per heavy atom. The number of carbonyl (C=O) groups is 1. The van der Waals surface area contributed by atoms with Crippen LogP contribution in [0.15, 0.2) is 59.1 Å². The Balaban J connectivity index is 1.35. The molecule has 0 spiro atoms. The number of amides is 1. The molecule has 2 heterocycles. The van der Waals surface area contributed by atoms with Gasteiger partial charge in [0.25, 0.3) is 5.89 Å². The second kappa shape index (κ2) is 8.43. The third-order valence-electron chi connectivity index (χ3n) is 5.48. The molecule has 1 aliphatic rings. The van der Waals surface area contributed by atoms with Gasteiger partial charge in [0.1, 0.15) is 0 Å². The minimum absolute atomic E-state index is 0.0535. The fourth-order valence-corrected chi connectivity index (χ4v) is 3.63. The van der Waals surface area contributed by atoms with Crippen LogP contribution >= 0.6 is 0 Å². The van der Waals surface area contributed by atoms with Crippen molar-refractivity contribution >= 4 is 12.0 Å². The Morgan fingerprint density at radius 1 is 1.07 bits per heavy atom. The summed E-state index contributed by atoms with van der Waals surface area (Å²) in [6.45, 7) is 5.50. The van der Waals surface area contributed by atoms with E-state index in [0.717, 1.165) is 35.4 Å². The standard InChI is InChI=1S/C24H25N3O2/c1-17-7-9-19(10-8-17)11-12-22(28)27-15-13-20(14-16-27)23-25-24(29-26-23)21-6-4-3-5-18(21)2/h3-12,20H,13-16H2,1-2H3/b12-11+. The lowest BCUT2D eigenvalue weighted by Gasteiger charge is -2.29. The van der Waals surface area contributed by atoms with E-state index in [1.165, 1.54) is 5.56 Å². The largest absolute Gasteiger partial charge is 0.339 e. The van der Waals surface area contributed by atoms with Crippen LogP contribution in [-0.4, -0.2) is 34.0 Å². The van der Waals surface area contributed by atoms with Crippen molar-refractivity contribution in [1.82, 2.24) is 15.0 Å². The Bertz CT molecular complexity index is 1010. The van der Waals surface area contributed by atoms with Crippen molar-refractivity contribution in [3.63, 3.8) is 0 Å². The van der Waals surface area contributed by atoms with Gasteiger partial charge in [0.05, 0.1) is 0 Å². The number of benzene rings is 2. The predicted octanol–water partition coefficient (Wildman–Crippen LogP) is 4.77. The first-order valence-corrected chi connectivity index (χ1v) is 10.0. The van der Waals surface area contributed by atoms with E-state index in [1.54, 1.807) is 6.08 Å². The average Bonchev–Trinajstić information content (AvgIpc) is 3.23. The maximum Gasteiger partial charge on any atom is 0.258 e. The van der Waals surface area contributed by atoms with E-state index >= 15 is 0 Å². The average molecular weight is 387 g/mol. The van der Waals surface area contributed by atoms with Gasteiger partial charge < -0.3 is 9.42 Å². The second-order valence-electron chi connectivity index (χ2n) is 7.62. The quantitative estimate of drug-likeness (QED) is 0.605. The SMILES string of the molecule is Cc1ccc(/C=C/C(=O)N2CCC(c3noc(-c4ccccc4C)n3)CC2)cc1. The molecule has 0 radical (unpaired) electrons. The van der Waals surface area contributed by atoms with E-state index in [-0.39, 0.29) is 11.8 Å². The van der Waals surface area contributed by atoms with Gasteiger partial charge in [-0.15, -0.1) is 0 Å². The fourth-order valence-electron chi connectivity index (χ4n) is 3.63. The molecule has 0 N–H and O–H groups in total. The molecule has 3 aromatic rings. The highest BCUT2D eigenvalue weighted by Crippen LogP contribution is 2.29. The molecule has 1 fully saturated rings. The molecule has 0 aliphatic carbocycles. The Hall–Kier alpha value is -3.21. The lowest BCUT2D eigenvalue weighted by atomic mass is 9.96. The summed E-state index contributed by atoms with van der Waals surface area (Å²) in [6, 6.07) is 16.1. The molecule has 1 saturated heterocycles. The Morgan fingerprint density at radius 3 is 2.52 bits per heavy atom. The molecule has 0 bridgehead atoms. The molecule has 0 atom stereocenters. The zero-order valence-corrected chi connectivity index (χ0v) is 16.8. The van der Waals surface area contributed by atoms with E-state index in [2.05, 4.69) is 17.1 Å². The minimum atomic E-state index is 0.0535. The molecular weight excluding hydrogens is 362 g/mol. The van der Waals surface area contributed by atoms with E-state index in [9.17, 15) is 4.79 Å². The molecule has 1 aromatic heterocycles. The number of carbonyl (C=O) groups excluding carboxylic acids is 1. The highest BCUT2D eigenvalue weighted by Gasteiger charge is 2.26. The van der Waals surface area contributed by atoms with Gasteiger partial charge >= 0.3 is 0 Å². The second-order valence-corrected chi connectivity index (χ2v) is 7.62. The first-order chi connectivity index (χ1) is 14.1. The topological polar surface area (TPSA) is 59.2 Å². The number of nitrogens with zero attached hydrogens (tertiary/aromatic N) is 3. The van der Waals surface area contributed by atoms with Crippen LogP contribution in [0.1, 0.15) is 41.3 Å². The molecule has 0 unspecified atom stereocenters.